The second-order valence-electron chi connectivity index (χ2n) is 19.3. The number of benzene rings is 8. The van der Waals surface area contributed by atoms with Crippen LogP contribution in [0.3, 0.4) is 0 Å². The fourth-order valence-electron chi connectivity index (χ4n) is 9.77. The highest BCUT2D eigenvalue weighted by Gasteiger charge is 2.11. The summed E-state index contributed by atoms with van der Waals surface area (Å²) in [6.45, 7) is 0. The minimum atomic E-state index is 0.689. The van der Waals surface area contributed by atoms with Crippen LogP contribution in [0.2, 0.25) is 0 Å². The van der Waals surface area contributed by atoms with Crippen molar-refractivity contribution < 1.29 is 0 Å². The summed E-state index contributed by atoms with van der Waals surface area (Å²) < 4.78 is 0. The first-order chi connectivity index (χ1) is 38.6. The third-order valence-corrected chi connectivity index (χ3v) is 14.1. The molecule has 8 aromatic carbocycles. The van der Waals surface area contributed by atoms with Gasteiger partial charge in [0.1, 0.15) is 0 Å². The zero-order valence-electron chi connectivity index (χ0n) is 42.4. The SMILES string of the molecule is C(=Cc1nc(C=Cc2ccc(-c3ccc4ccccc4c3)nc2)c(C=Cc2ccc(-c3ccc4ccccc4c3)nc2)nc1C=Cc1ccc(-c2ccc3ccccc3c2)nc1)c1ccc(-c2ccc3ccccc3c2)nc1. The van der Waals surface area contributed by atoms with Gasteiger partial charge in [0.15, 0.2) is 0 Å². The van der Waals surface area contributed by atoms with Crippen molar-refractivity contribution in [3.63, 3.8) is 0 Å². The maximum absolute atomic E-state index is 5.36. The van der Waals surface area contributed by atoms with E-state index in [1.165, 1.54) is 43.1 Å². The number of rotatable bonds is 12. The van der Waals surface area contributed by atoms with Gasteiger partial charge in [-0.1, -0.05) is 194 Å². The van der Waals surface area contributed by atoms with E-state index in [-0.39, 0.29) is 0 Å². The normalized spacial score (nSPS) is 11.9. The third kappa shape index (κ3) is 10.4. The average Bonchev–Trinajstić information content (AvgIpc) is 3.52. The topological polar surface area (TPSA) is 77.3 Å². The first-order valence-corrected chi connectivity index (χ1v) is 26.0. The summed E-state index contributed by atoms with van der Waals surface area (Å²) in [4.78, 5) is 30.3. The van der Waals surface area contributed by atoms with Crippen LogP contribution in [0.4, 0.5) is 0 Å². The molecule has 0 spiro atoms. The van der Waals surface area contributed by atoms with Crippen LogP contribution >= 0.6 is 0 Å². The lowest BCUT2D eigenvalue weighted by Crippen LogP contribution is -2.00. The Morgan fingerprint density at radius 2 is 0.436 bits per heavy atom. The van der Waals surface area contributed by atoms with Crippen LogP contribution < -0.4 is 0 Å². The molecule has 0 N–H and O–H groups in total. The van der Waals surface area contributed by atoms with E-state index in [1.807, 2.05) is 73.4 Å². The van der Waals surface area contributed by atoms with Crippen LogP contribution in [0.15, 0.2) is 243 Å². The van der Waals surface area contributed by atoms with Crippen LogP contribution in [0.25, 0.3) is 137 Å². The molecule has 13 rings (SSSR count). The molecule has 0 saturated carbocycles. The van der Waals surface area contributed by atoms with E-state index in [2.05, 4.69) is 218 Å². The Balaban J connectivity index is 0.859. The van der Waals surface area contributed by atoms with E-state index in [0.29, 0.717) is 22.8 Å². The molecule has 13 aromatic rings. The maximum atomic E-state index is 5.36. The molecule has 0 amide bonds. The Morgan fingerprint density at radius 3 is 0.654 bits per heavy atom. The molecule has 78 heavy (non-hydrogen) atoms. The molecule has 0 aliphatic carbocycles. The van der Waals surface area contributed by atoms with Gasteiger partial charge in [-0.2, -0.15) is 0 Å². The quantitative estimate of drug-likeness (QED) is 0.121. The number of aromatic nitrogens is 6. The molecule has 0 aliphatic rings. The molecule has 5 aromatic heterocycles. The van der Waals surface area contributed by atoms with Crippen molar-refractivity contribution in [3.8, 4) is 45.0 Å². The molecule has 0 fully saturated rings. The molecule has 0 saturated heterocycles. The minimum Gasteiger partial charge on any atom is -0.256 e. The van der Waals surface area contributed by atoms with E-state index in [1.54, 1.807) is 0 Å². The highest BCUT2D eigenvalue weighted by atomic mass is 14.8. The lowest BCUT2D eigenvalue weighted by Gasteiger charge is -2.08. The van der Waals surface area contributed by atoms with Gasteiger partial charge in [-0.25, -0.2) is 9.97 Å². The molecule has 366 valence electrons. The standard InChI is InChI=1S/C72H48N6/c1-5-13-57-41-61(29-25-53(57)9-1)65-33-17-49(45-73-65)21-37-69-70(38-22-50-18-34-66(74-46-50)62-30-26-54-10-2-6-14-58(54)42-62)78-72(40-24-52-20-36-68(76-48-52)64-32-28-56-12-4-8-16-60(56)44-64)71(77-69)39-23-51-19-35-67(75-47-51)63-31-27-55-11-3-7-15-59(55)43-63/h1-48H. The molecule has 0 radical (unpaired) electrons. The van der Waals surface area contributed by atoms with Crippen LogP contribution in [0.1, 0.15) is 45.0 Å². The fourth-order valence-corrected chi connectivity index (χ4v) is 9.77. The van der Waals surface area contributed by atoms with Crippen molar-refractivity contribution in [2.24, 2.45) is 0 Å². The van der Waals surface area contributed by atoms with E-state index >= 15 is 0 Å². The predicted molar refractivity (Wildman–Crippen MR) is 326 cm³/mol. The molecule has 6 heteroatoms. The van der Waals surface area contributed by atoms with E-state index in [0.717, 1.165) is 67.3 Å². The first-order valence-electron chi connectivity index (χ1n) is 26.0. The Bertz CT molecular complexity index is 3890. The van der Waals surface area contributed by atoms with E-state index in [9.17, 15) is 0 Å². The Morgan fingerprint density at radius 1 is 0.205 bits per heavy atom. The second-order valence-corrected chi connectivity index (χ2v) is 19.3. The molecule has 0 bridgehead atoms. The maximum Gasteiger partial charge on any atom is 0.0894 e. The number of pyridine rings is 4. The number of fused-ring (bicyclic) bond motifs is 4. The van der Waals surface area contributed by atoms with Gasteiger partial charge in [0.25, 0.3) is 0 Å². The van der Waals surface area contributed by atoms with Crippen molar-refractivity contribution in [2.45, 2.75) is 0 Å². The van der Waals surface area contributed by atoms with Gasteiger partial charge in [0, 0.05) is 47.0 Å². The zero-order valence-corrected chi connectivity index (χ0v) is 42.4. The summed E-state index contributed by atoms with van der Waals surface area (Å²) in [5.41, 5.74) is 14.4. The largest absolute Gasteiger partial charge is 0.256 e. The first kappa shape index (κ1) is 47.2. The molecular weight excluding hydrogens is 949 g/mol. The number of nitrogens with zero attached hydrogens (tertiary/aromatic N) is 6. The van der Waals surface area contributed by atoms with Gasteiger partial charge in [0.2, 0.25) is 0 Å². The van der Waals surface area contributed by atoms with E-state index < -0.39 is 0 Å². The monoisotopic (exact) mass is 996 g/mol. The van der Waals surface area contributed by atoms with Gasteiger partial charge in [-0.05, 0) is 138 Å². The number of hydrogen-bond acceptors (Lipinski definition) is 6. The Kier molecular flexibility index (Phi) is 12.9. The molecule has 0 atom stereocenters. The Hall–Kier alpha value is -10.6. The summed E-state index contributed by atoms with van der Waals surface area (Å²) in [6, 6.07) is 76.0. The summed E-state index contributed by atoms with van der Waals surface area (Å²) in [5.74, 6) is 0. The highest BCUT2D eigenvalue weighted by Crippen LogP contribution is 2.29. The van der Waals surface area contributed by atoms with Crippen molar-refractivity contribution in [3.05, 3.63) is 288 Å². The molecular formula is C72H48N6. The fraction of sp³-hybridized carbons (Fsp3) is 0. The molecule has 5 heterocycles. The smallest absolute Gasteiger partial charge is 0.0894 e. The van der Waals surface area contributed by atoms with Crippen molar-refractivity contribution in [2.75, 3.05) is 0 Å². The van der Waals surface area contributed by atoms with Crippen LogP contribution in [-0.2, 0) is 0 Å². The minimum absolute atomic E-state index is 0.689. The summed E-state index contributed by atoms with van der Waals surface area (Å²) in [5, 5.41) is 9.53. The lowest BCUT2D eigenvalue weighted by molar-refractivity contribution is 1.12. The van der Waals surface area contributed by atoms with Gasteiger partial charge < -0.3 is 0 Å². The van der Waals surface area contributed by atoms with Gasteiger partial charge in [-0.15, -0.1) is 0 Å². The molecule has 6 nitrogen and oxygen atoms in total. The summed E-state index contributed by atoms with van der Waals surface area (Å²) in [7, 11) is 0. The molecule has 0 unspecified atom stereocenters. The number of hydrogen-bond donors (Lipinski definition) is 0. The van der Waals surface area contributed by atoms with Crippen LogP contribution in [-0.4, -0.2) is 29.9 Å². The van der Waals surface area contributed by atoms with Crippen molar-refractivity contribution in [1.82, 2.24) is 29.9 Å². The Labute approximate surface area is 452 Å². The summed E-state index contributed by atoms with van der Waals surface area (Å²) >= 11 is 0. The molecule has 0 aliphatic heterocycles. The van der Waals surface area contributed by atoms with E-state index in [4.69, 9.17) is 29.9 Å². The highest BCUT2D eigenvalue weighted by molar-refractivity contribution is 5.91. The van der Waals surface area contributed by atoms with Gasteiger partial charge in [-0.3, -0.25) is 19.9 Å². The van der Waals surface area contributed by atoms with Crippen LogP contribution in [0, 0.1) is 0 Å². The lowest BCUT2D eigenvalue weighted by atomic mass is 10.0. The van der Waals surface area contributed by atoms with Gasteiger partial charge >= 0.3 is 0 Å². The van der Waals surface area contributed by atoms with Crippen LogP contribution in [0.5, 0.6) is 0 Å². The zero-order chi connectivity index (χ0) is 52.0. The van der Waals surface area contributed by atoms with Crippen molar-refractivity contribution in [1.29, 1.82) is 0 Å². The third-order valence-electron chi connectivity index (χ3n) is 14.1. The summed E-state index contributed by atoms with van der Waals surface area (Å²) in [6.07, 6.45) is 23.8. The van der Waals surface area contributed by atoms with Crippen molar-refractivity contribution >= 4 is 91.7 Å². The average molecular weight is 997 g/mol. The second kappa shape index (κ2) is 21.4. The van der Waals surface area contributed by atoms with Gasteiger partial charge in [0.05, 0.1) is 45.6 Å². The predicted octanol–water partition coefficient (Wildman–Crippen LogP) is 18.0.